The zero-order chi connectivity index (χ0) is 11.5. The summed E-state index contributed by atoms with van der Waals surface area (Å²) < 4.78 is 5.79. The molecule has 15 heavy (non-hydrogen) atoms. The second kappa shape index (κ2) is 4.69. The summed E-state index contributed by atoms with van der Waals surface area (Å²) in [7, 11) is 0. The van der Waals surface area contributed by atoms with Crippen molar-refractivity contribution in [3.8, 4) is 5.75 Å². The summed E-state index contributed by atoms with van der Waals surface area (Å²) in [6.07, 6.45) is 1.08. The molecule has 0 aliphatic heterocycles. The maximum Gasteiger partial charge on any atom is 0.122 e. The highest BCUT2D eigenvalue weighted by Crippen LogP contribution is 2.22. The summed E-state index contributed by atoms with van der Waals surface area (Å²) in [5.74, 6) is 1.03. The van der Waals surface area contributed by atoms with Crippen LogP contribution in [-0.2, 0) is 0 Å². The number of aryl methyl sites for hydroxylation is 2. The van der Waals surface area contributed by atoms with E-state index < -0.39 is 0 Å². The van der Waals surface area contributed by atoms with E-state index in [-0.39, 0.29) is 0 Å². The lowest BCUT2D eigenvalue weighted by Gasteiger charge is -2.18. The summed E-state index contributed by atoms with van der Waals surface area (Å²) in [5, 5.41) is 0. The molecule has 0 unspecified atom stereocenters. The second-order valence-electron chi connectivity index (χ2n) is 5.43. The van der Waals surface area contributed by atoms with Gasteiger partial charge >= 0.3 is 0 Å². The number of benzene rings is 1. The molecule has 0 atom stereocenters. The van der Waals surface area contributed by atoms with Gasteiger partial charge in [0.2, 0.25) is 0 Å². The first-order valence-electron chi connectivity index (χ1n) is 5.58. The first kappa shape index (κ1) is 12.1. The van der Waals surface area contributed by atoms with E-state index >= 15 is 0 Å². The lowest BCUT2D eigenvalue weighted by Crippen LogP contribution is -2.11. The SMILES string of the molecule is Cc1ccc(C)c(OCCC(C)(C)C)c1. The van der Waals surface area contributed by atoms with Crippen LogP contribution in [-0.4, -0.2) is 6.61 Å². The standard InChI is InChI=1S/C14H22O/c1-11-6-7-12(2)13(10-11)15-9-8-14(3,4)5/h6-7,10H,8-9H2,1-5H3. The maximum absolute atomic E-state index is 5.79. The molecular formula is C14H22O. The van der Waals surface area contributed by atoms with Crippen molar-refractivity contribution in [2.75, 3.05) is 6.61 Å². The summed E-state index contributed by atoms with van der Waals surface area (Å²) in [5.41, 5.74) is 2.82. The van der Waals surface area contributed by atoms with Gasteiger partial charge < -0.3 is 4.74 Å². The number of hydrogen-bond donors (Lipinski definition) is 0. The van der Waals surface area contributed by atoms with Gasteiger partial charge in [-0.3, -0.25) is 0 Å². The van der Waals surface area contributed by atoms with E-state index in [9.17, 15) is 0 Å². The monoisotopic (exact) mass is 206 g/mol. The van der Waals surface area contributed by atoms with Crippen LogP contribution in [0.1, 0.15) is 38.3 Å². The van der Waals surface area contributed by atoms with Gasteiger partial charge in [-0.1, -0.05) is 32.9 Å². The van der Waals surface area contributed by atoms with Crippen LogP contribution in [0.5, 0.6) is 5.75 Å². The van der Waals surface area contributed by atoms with Gasteiger partial charge in [-0.2, -0.15) is 0 Å². The van der Waals surface area contributed by atoms with Crippen molar-refractivity contribution in [3.63, 3.8) is 0 Å². The Balaban J connectivity index is 2.54. The normalized spacial score (nSPS) is 11.5. The van der Waals surface area contributed by atoms with Crippen molar-refractivity contribution in [2.45, 2.75) is 41.0 Å². The summed E-state index contributed by atoms with van der Waals surface area (Å²) in [6.45, 7) is 11.7. The minimum Gasteiger partial charge on any atom is -0.493 e. The Morgan fingerprint density at radius 3 is 2.40 bits per heavy atom. The van der Waals surface area contributed by atoms with E-state index in [1.807, 2.05) is 0 Å². The third kappa shape index (κ3) is 4.37. The highest BCUT2D eigenvalue weighted by atomic mass is 16.5. The van der Waals surface area contributed by atoms with Crippen LogP contribution in [0.15, 0.2) is 18.2 Å². The molecular weight excluding hydrogens is 184 g/mol. The van der Waals surface area contributed by atoms with Crippen LogP contribution in [0.4, 0.5) is 0 Å². The maximum atomic E-state index is 5.79. The molecule has 84 valence electrons. The summed E-state index contributed by atoms with van der Waals surface area (Å²) >= 11 is 0. The van der Waals surface area contributed by atoms with Crippen LogP contribution in [0, 0.1) is 19.3 Å². The van der Waals surface area contributed by atoms with E-state index in [0.717, 1.165) is 18.8 Å². The molecule has 0 bridgehead atoms. The summed E-state index contributed by atoms with van der Waals surface area (Å²) in [4.78, 5) is 0. The fourth-order valence-corrected chi connectivity index (χ4v) is 1.33. The minimum atomic E-state index is 0.345. The molecule has 0 saturated heterocycles. The first-order chi connectivity index (χ1) is 6.88. The quantitative estimate of drug-likeness (QED) is 0.723. The smallest absolute Gasteiger partial charge is 0.122 e. The van der Waals surface area contributed by atoms with Gasteiger partial charge in [0.25, 0.3) is 0 Å². The van der Waals surface area contributed by atoms with Gasteiger partial charge in [0.15, 0.2) is 0 Å². The van der Waals surface area contributed by atoms with Gasteiger partial charge in [-0.15, -0.1) is 0 Å². The zero-order valence-electron chi connectivity index (χ0n) is 10.6. The first-order valence-corrected chi connectivity index (χ1v) is 5.58. The van der Waals surface area contributed by atoms with Crippen molar-refractivity contribution in [3.05, 3.63) is 29.3 Å². The van der Waals surface area contributed by atoms with E-state index in [0.29, 0.717) is 5.41 Å². The lowest BCUT2D eigenvalue weighted by atomic mass is 9.93. The van der Waals surface area contributed by atoms with E-state index in [1.165, 1.54) is 11.1 Å². The molecule has 0 fully saturated rings. The predicted molar refractivity (Wildman–Crippen MR) is 65.5 cm³/mol. The van der Waals surface area contributed by atoms with E-state index in [2.05, 4.69) is 52.8 Å². The second-order valence-corrected chi connectivity index (χ2v) is 5.43. The zero-order valence-corrected chi connectivity index (χ0v) is 10.6. The van der Waals surface area contributed by atoms with Crippen molar-refractivity contribution < 1.29 is 4.74 Å². The molecule has 0 spiro atoms. The van der Waals surface area contributed by atoms with Crippen LogP contribution >= 0.6 is 0 Å². The Labute approximate surface area is 93.5 Å². The third-order valence-corrected chi connectivity index (χ3v) is 2.45. The lowest BCUT2D eigenvalue weighted by molar-refractivity contribution is 0.242. The molecule has 1 nitrogen and oxygen atoms in total. The molecule has 0 radical (unpaired) electrons. The van der Waals surface area contributed by atoms with Crippen LogP contribution in [0.2, 0.25) is 0 Å². The summed E-state index contributed by atoms with van der Waals surface area (Å²) in [6, 6.07) is 6.34. The third-order valence-electron chi connectivity index (χ3n) is 2.45. The fourth-order valence-electron chi connectivity index (χ4n) is 1.33. The molecule has 0 N–H and O–H groups in total. The average Bonchev–Trinajstić information content (AvgIpc) is 2.09. The predicted octanol–water partition coefficient (Wildman–Crippen LogP) is 4.12. The van der Waals surface area contributed by atoms with Gasteiger partial charge in [0.05, 0.1) is 6.61 Å². The Morgan fingerprint density at radius 2 is 1.80 bits per heavy atom. The van der Waals surface area contributed by atoms with Crippen LogP contribution < -0.4 is 4.74 Å². The van der Waals surface area contributed by atoms with Gasteiger partial charge in [-0.05, 0) is 42.9 Å². The van der Waals surface area contributed by atoms with Gasteiger partial charge in [0.1, 0.15) is 5.75 Å². The Hall–Kier alpha value is -0.980. The fraction of sp³-hybridized carbons (Fsp3) is 0.571. The van der Waals surface area contributed by atoms with Crippen molar-refractivity contribution in [2.24, 2.45) is 5.41 Å². The van der Waals surface area contributed by atoms with Gasteiger partial charge in [-0.25, -0.2) is 0 Å². The minimum absolute atomic E-state index is 0.345. The Kier molecular flexibility index (Phi) is 3.78. The van der Waals surface area contributed by atoms with Crippen molar-refractivity contribution in [1.82, 2.24) is 0 Å². The Bertz CT molecular complexity index is 321. The molecule has 0 saturated carbocycles. The molecule has 1 aromatic rings. The largest absolute Gasteiger partial charge is 0.493 e. The Morgan fingerprint density at radius 1 is 1.13 bits per heavy atom. The van der Waals surface area contributed by atoms with E-state index in [4.69, 9.17) is 4.74 Å². The average molecular weight is 206 g/mol. The molecule has 0 aliphatic carbocycles. The molecule has 0 heterocycles. The number of rotatable bonds is 3. The highest BCUT2D eigenvalue weighted by Gasteiger charge is 2.10. The van der Waals surface area contributed by atoms with Crippen LogP contribution in [0.25, 0.3) is 0 Å². The highest BCUT2D eigenvalue weighted by molar-refractivity contribution is 5.35. The molecule has 0 aliphatic rings. The van der Waals surface area contributed by atoms with Crippen molar-refractivity contribution in [1.29, 1.82) is 0 Å². The molecule has 1 aromatic carbocycles. The van der Waals surface area contributed by atoms with E-state index in [1.54, 1.807) is 0 Å². The molecule has 1 heteroatoms. The molecule has 0 amide bonds. The van der Waals surface area contributed by atoms with Crippen LogP contribution in [0.3, 0.4) is 0 Å². The number of ether oxygens (including phenoxy) is 1. The molecule has 0 aromatic heterocycles. The van der Waals surface area contributed by atoms with Gasteiger partial charge in [0, 0.05) is 0 Å². The topological polar surface area (TPSA) is 9.23 Å². The van der Waals surface area contributed by atoms with Crippen molar-refractivity contribution >= 4 is 0 Å². The molecule has 1 rings (SSSR count). The number of hydrogen-bond acceptors (Lipinski definition) is 1.